The van der Waals surface area contributed by atoms with Crippen LogP contribution in [0.25, 0.3) is 0 Å². The molecule has 4 heteroatoms. The number of carbonyl (C=O) groups excluding carboxylic acids is 1. The first-order valence-corrected chi connectivity index (χ1v) is 3.74. The summed E-state index contributed by atoms with van der Waals surface area (Å²) < 4.78 is 0. The van der Waals surface area contributed by atoms with Crippen molar-refractivity contribution >= 4 is 5.91 Å². The van der Waals surface area contributed by atoms with Gasteiger partial charge in [-0.05, 0) is 12.5 Å². The van der Waals surface area contributed by atoms with Crippen LogP contribution in [0.4, 0.5) is 0 Å². The zero-order valence-corrected chi connectivity index (χ0v) is 6.79. The first kappa shape index (κ1) is 8.80. The molecule has 4 nitrogen and oxygen atoms in total. The molecule has 1 aliphatic carbocycles. The molecular weight excluding hydrogens is 154 g/mol. The van der Waals surface area contributed by atoms with Crippen LogP contribution >= 0.6 is 0 Å². The van der Waals surface area contributed by atoms with Crippen LogP contribution in [0.3, 0.4) is 0 Å². The molecule has 0 aromatic heterocycles. The van der Waals surface area contributed by atoms with Crippen LogP contribution < -0.4 is 17.2 Å². The minimum absolute atomic E-state index is 0.160. The molecule has 0 heterocycles. The average molecular weight is 167 g/mol. The predicted molar refractivity (Wildman–Crippen MR) is 46.8 cm³/mol. The summed E-state index contributed by atoms with van der Waals surface area (Å²) in [5.41, 5.74) is 16.4. The van der Waals surface area contributed by atoms with Gasteiger partial charge < -0.3 is 17.2 Å². The molecule has 0 saturated carbocycles. The number of nitrogens with two attached hydrogens (primary N) is 3. The van der Waals surface area contributed by atoms with Crippen molar-refractivity contribution in [3.8, 4) is 0 Å². The molecule has 6 N–H and O–H groups in total. The highest BCUT2D eigenvalue weighted by Gasteiger charge is 2.24. The van der Waals surface area contributed by atoms with Crippen molar-refractivity contribution in [2.75, 3.05) is 0 Å². The van der Waals surface area contributed by atoms with Crippen molar-refractivity contribution in [2.24, 2.45) is 17.2 Å². The van der Waals surface area contributed by atoms with Gasteiger partial charge in [0, 0.05) is 17.7 Å². The van der Waals surface area contributed by atoms with Gasteiger partial charge in [-0.2, -0.15) is 0 Å². The van der Waals surface area contributed by atoms with Crippen LogP contribution in [-0.2, 0) is 4.79 Å². The maximum atomic E-state index is 10.6. The third-order valence-electron chi connectivity index (χ3n) is 1.83. The number of amides is 1. The van der Waals surface area contributed by atoms with Crippen molar-refractivity contribution in [3.63, 3.8) is 0 Å². The van der Waals surface area contributed by atoms with E-state index in [-0.39, 0.29) is 6.42 Å². The molecule has 0 aliphatic heterocycles. The maximum Gasteiger partial charge on any atom is 0.219 e. The fourth-order valence-electron chi connectivity index (χ4n) is 1.16. The SMILES string of the molecule is NC(=O)CC1(N)C=CC(N)=CC1. The molecule has 0 aromatic rings. The van der Waals surface area contributed by atoms with E-state index in [1.807, 2.05) is 0 Å². The van der Waals surface area contributed by atoms with Crippen LogP contribution in [0.15, 0.2) is 23.9 Å². The normalized spacial score (nSPS) is 28.2. The van der Waals surface area contributed by atoms with Gasteiger partial charge in [-0.15, -0.1) is 0 Å². The van der Waals surface area contributed by atoms with Gasteiger partial charge in [0.2, 0.25) is 5.91 Å². The van der Waals surface area contributed by atoms with Gasteiger partial charge in [-0.25, -0.2) is 0 Å². The molecule has 0 spiro atoms. The summed E-state index contributed by atoms with van der Waals surface area (Å²) in [6.07, 6.45) is 5.95. The van der Waals surface area contributed by atoms with E-state index in [1.165, 1.54) is 0 Å². The van der Waals surface area contributed by atoms with E-state index in [9.17, 15) is 4.79 Å². The molecule has 0 saturated heterocycles. The molecule has 12 heavy (non-hydrogen) atoms. The minimum Gasteiger partial charge on any atom is -0.399 e. The van der Waals surface area contributed by atoms with Crippen LogP contribution in [0, 0.1) is 0 Å². The van der Waals surface area contributed by atoms with Gasteiger partial charge >= 0.3 is 0 Å². The molecule has 66 valence electrons. The van der Waals surface area contributed by atoms with E-state index in [1.54, 1.807) is 18.2 Å². The Morgan fingerprint density at radius 2 is 2.33 bits per heavy atom. The molecule has 0 radical (unpaired) electrons. The first-order valence-electron chi connectivity index (χ1n) is 3.74. The summed E-state index contributed by atoms with van der Waals surface area (Å²) in [7, 11) is 0. The fourth-order valence-corrected chi connectivity index (χ4v) is 1.16. The van der Waals surface area contributed by atoms with Crippen molar-refractivity contribution in [3.05, 3.63) is 23.9 Å². The van der Waals surface area contributed by atoms with Crippen molar-refractivity contribution < 1.29 is 4.79 Å². The van der Waals surface area contributed by atoms with E-state index in [2.05, 4.69) is 0 Å². The van der Waals surface area contributed by atoms with Gasteiger partial charge in [-0.1, -0.05) is 12.2 Å². The summed E-state index contributed by atoms with van der Waals surface area (Å²) in [4.78, 5) is 10.6. The molecule has 0 bridgehead atoms. The Labute approximate surface area is 71.1 Å². The average Bonchev–Trinajstić information content (AvgIpc) is 1.94. The highest BCUT2D eigenvalue weighted by atomic mass is 16.1. The molecule has 1 amide bonds. The molecule has 1 aliphatic rings. The lowest BCUT2D eigenvalue weighted by Crippen LogP contribution is -2.42. The summed E-state index contributed by atoms with van der Waals surface area (Å²) in [6.45, 7) is 0. The number of hydrogen-bond donors (Lipinski definition) is 3. The lowest BCUT2D eigenvalue weighted by Gasteiger charge is -2.25. The Balaban J connectivity index is 2.65. The van der Waals surface area contributed by atoms with E-state index in [0.29, 0.717) is 12.1 Å². The Hall–Kier alpha value is -1.29. The van der Waals surface area contributed by atoms with Crippen molar-refractivity contribution in [1.82, 2.24) is 0 Å². The largest absolute Gasteiger partial charge is 0.399 e. The quantitative estimate of drug-likeness (QED) is 0.510. The van der Waals surface area contributed by atoms with Gasteiger partial charge in [-0.3, -0.25) is 4.79 Å². The van der Waals surface area contributed by atoms with Gasteiger partial charge in [0.05, 0.1) is 0 Å². The second-order valence-electron chi connectivity index (χ2n) is 3.12. The van der Waals surface area contributed by atoms with Gasteiger partial charge in [0.1, 0.15) is 0 Å². The number of allylic oxidation sites excluding steroid dienone is 1. The Morgan fingerprint density at radius 3 is 2.75 bits per heavy atom. The predicted octanol–water partition coefficient (Wildman–Crippen LogP) is -0.638. The Bertz CT molecular complexity index is 257. The summed E-state index contributed by atoms with van der Waals surface area (Å²) in [6, 6.07) is 0. The Kier molecular flexibility index (Phi) is 2.19. The highest BCUT2D eigenvalue weighted by Crippen LogP contribution is 2.19. The molecule has 1 unspecified atom stereocenters. The first-order chi connectivity index (χ1) is 5.52. The van der Waals surface area contributed by atoms with Crippen LogP contribution in [0.5, 0.6) is 0 Å². The third kappa shape index (κ3) is 2.10. The third-order valence-corrected chi connectivity index (χ3v) is 1.83. The molecular formula is C8H13N3O. The zero-order valence-electron chi connectivity index (χ0n) is 6.79. The van der Waals surface area contributed by atoms with Crippen LogP contribution in [0.1, 0.15) is 12.8 Å². The summed E-state index contributed by atoms with van der Waals surface area (Å²) in [5, 5.41) is 0. The van der Waals surface area contributed by atoms with E-state index < -0.39 is 11.4 Å². The fraction of sp³-hybridized carbons (Fsp3) is 0.375. The highest BCUT2D eigenvalue weighted by molar-refractivity contribution is 5.75. The monoisotopic (exact) mass is 167 g/mol. The molecule has 0 aromatic carbocycles. The van der Waals surface area contributed by atoms with E-state index in [4.69, 9.17) is 17.2 Å². The van der Waals surface area contributed by atoms with Crippen molar-refractivity contribution in [1.29, 1.82) is 0 Å². The van der Waals surface area contributed by atoms with E-state index >= 15 is 0 Å². The molecule has 1 atom stereocenters. The second-order valence-corrected chi connectivity index (χ2v) is 3.12. The number of primary amides is 1. The van der Waals surface area contributed by atoms with Gasteiger partial charge in [0.25, 0.3) is 0 Å². The molecule has 0 fully saturated rings. The summed E-state index contributed by atoms with van der Waals surface area (Å²) >= 11 is 0. The van der Waals surface area contributed by atoms with Crippen molar-refractivity contribution in [2.45, 2.75) is 18.4 Å². The Morgan fingerprint density at radius 1 is 1.67 bits per heavy atom. The second kappa shape index (κ2) is 2.98. The van der Waals surface area contributed by atoms with E-state index in [0.717, 1.165) is 0 Å². The summed E-state index contributed by atoms with van der Waals surface area (Å²) in [5.74, 6) is -0.393. The lowest BCUT2D eigenvalue weighted by atomic mass is 9.88. The maximum absolute atomic E-state index is 10.6. The minimum atomic E-state index is -0.630. The van der Waals surface area contributed by atoms with Gasteiger partial charge in [0.15, 0.2) is 0 Å². The topological polar surface area (TPSA) is 95.1 Å². The number of rotatable bonds is 2. The number of hydrogen-bond acceptors (Lipinski definition) is 3. The molecule has 1 rings (SSSR count). The zero-order chi connectivity index (χ0) is 9.19. The smallest absolute Gasteiger partial charge is 0.219 e. The lowest BCUT2D eigenvalue weighted by molar-refractivity contribution is -0.118. The number of carbonyl (C=O) groups is 1. The van der Waals surface area contributed by atoms with Crippen LogP contribution in [-0.4, -0.2) is 11.4 Å². The standard InChI is InChI=1S/C8H13N3O/c9-6-1-3-8(11,4-2-6)5-7(10)12/h1-3H,4-5,9,11H2,(H2,10,12). The van der Waals surface area contributed by atoms with Crippen LogP contribution in [0.2, 0.25) is 0 Å².